The van der Waals surface area contributed by atoms with Gasteiger partial charge in [-0.25, -0.2) is 4.98 Å². The highest BCUT2D eigenvalue weighted by atomic mass is 35.5. The van der Waals surface area contributed by atoms with Crippen molar-refractivity contribution in [1.82, 2.24) is 4.98 Å². The Morgan fingerprint density at radius 1 is 1.03 bits per heavy atom. The summed E-state index contributed by atoms with van der Waals surface area (Å²) < 4.78 is 11.3. The van der Waals surface area contributed by atoms with Crippen LogP contribution in [-0.2, 0) is 0 Å². The smallest absolute Gasteiger partial charge is 0.261 e. The van der Waals surface area contributed by atoms with Crippen LogP contribution in [0.15, 0.2) is 72.9 Å². The van der Waals surface area contributed by atoms with E-state index in [4.69, 9.17) is 21.1 Å². The molecule has 3 aromatic rings. The van der Waals surface area contributed by atoms with E-state index in [9.17, 15) is 4.79 Å². The fourth-order valence-corrected chi connectivity index (χ4v) is 3.25. The van der Waals surface area contributed by atoms with E-state index >= 15 is 0 Å². The lowest BCUT2D eigenvalue weighted by atomic mass is 10.2. The van der Waals surface area contributed by atoms with E-state index in [1.807, 2.05) is 60.7 Å². The molecule has 0 atom stereocenters. The summed E-state index contributed by atoms with van der Waals surface area (Å²) >= 11 is 6.17. The van der Waals surface area contributed by atoms with E-state index in [1.165, 1.54) is 0 Å². The van der Waals surface area contributed by atoms with E-state index in [-0.39, 0.29) is 11.1 Å². The van der Waals surface area contributed by atoms with Gasteiger partial charge in [-0.15, -0.1) is 0 Å². The third-order valence-electron chi connectivity index (χ3n) is 4.47. The first-order chi connectivity index (χ1) is 14.2. The Bertz CT molecular complexity index is 1040. The molecule has 1 aliphatic heterocycles. The Labute approximate surface area is 174 Å². The Balaban J connectivity index is 1.66. The van der Waals surface area contributed by atoms with Crippen molar-refractivity contribution >= 4 is 29.3 Å². The van der Waals surface area contributed by atoms with Gasteiger partial charge >= 0.3 is 0 Å². The quantitative estimate of drug-likeness (QED) is 0.567. The average molecular weight is 407 g/mol. The van der Waals surface area contributed by atoms with Crippen LogP contribution in [0.25, 0.3) is 6.08 Å². The van der Waals surface area contributed by atoms with Crippen LogP contribution in [0.5, 0.6) is 11.5 Å². The molecule has 2 aromatic carbocycles. The van der Waals surface area contributed by atoms with Crippen molar-refractivity contribution in [3.63, 3.8) is 0 Å². The second kappa shape index (κ2) is 8.80. The van der Waals surface area contributed by atoms with Crippen LogP contribution >= 0.6 is 11.6 Å². The number of halogens is 1. The zero-order valence-electron chi connectivity index (χ0n) is 15.6. The van der Waals surface area contributed by atoms with Gasteiger partial charge in [-0.3, -0.25) is 4.79 Å². The molecule has 6 heteroatoms. The zero-order valence-corrected chi connectivity index (χ0v) is 16.4. The van der Waals surface area contributed by atoms with Crippen molar-refractivity contribution < 1.29 is 14.3 Å². The largest absolute Gasteiger partial charge is 0.486 e. The molecule has 0 aliphatic carbocycles. The minimum Gasteiger partial charge on any atom is -0.486 e. The van der Waals surface area contributed by atoms with Crippen LogP contribution in [0.3, 0.4) is 0 Å². The van der Waals surface area contributed by atoms with E-state index in [2.05, 4.69) is 4.98 Å². The van der Waals surface area contributed by atoms with Gasteiger partial charge in [0.05, 0.1) is 5.56 Å². The number of benzene rings is 2. The maximum absolute atomic E-state index is 13.3. The summed E-state index contributed by atoms with van der Waals surface area (Å²) in [6.45, 7) is 1.35. The summed E-state index contributed by atoms with van der Waals surface area (Å²) in [5.74, 6) is 1.06. The summed E-state index contributed by atoms with van der Waals surface area (Å²) in [7, 11) is 0. The number of aromatic nitrogens is 1. The van der Waals surface area contributed by atoms with Gasteiger partial charge < -0.3 is 14.4 Å². The van der Waals surface area contributed by atoms with Gasteiger partial charge in [0.15, 0.2) is 11.5 Å². The number of hydrogen-bond acceptors (Lipinski definition) is 4. The number of anilines is 1. The summed E-state index contributed by atoms with van der Waals surface area (Å²) in [5.41, 5.74) is 2.09. The molecule has 0 saturated heterocycles. The first kappa shape index (κ1) is 19.0. The highest BCUT2D eigenvalue weighted by Crippen LogP contribution is 2.34. The van der Waals surface area contributed by atoms with Crippen LogP contribution < -0.4 is 14.4 Å². The van der Waals surface area contributed by atoms with Gasteiger partial charge in [-0.1, -0.05) is 54.1 Å². The minimum atomic E-state index is -0.238. The number of carbonyl (C=O) groups excluding carboxylic acids is 1. The third-order valence-corrected chi connectivity index (χ3v) is 4.77. The lowest BCUT2D eigenvalue weighted by Gasteiger charge is -2.25. The molecule has 0 bridgehead atoms. The SMILES string of the molecule is O=C(c1cccnc1Cl)N(C/C=C/c1ccccc1)c1ccc2c(c1)OCCO2. The summed E-state index contributed by atoms with van der Waals surface area (Å²) in [5, 5.41) is 0.173. The van der Waals surface area contributed by atoms with Gasteiger partial charge in [0.1, 0.15) is 18.4 Å². The van der Waals surface area contributed by atoms with E-state index in [0.717, 1.165) is 5.56 Å². The molecule has 1 aromatic heterocycles. The zero-order chi connectivity index (χ0) is 20.1. The molecule has 0 unspecified atom stereocenters. The summed E-state index contributed by atoms with van der Waals surface area (Å²) in [4.78, 5) is 18.9. The standard InChI is InChI=1S/C23H19ClN2O3/c24-22-19(9-4-12-25-22)23(27)26(13-5-8-17-6-2-1-3-7-17)18-10-11-20-21(16-18)29-15-14-28-20/h1-12,16H,13-15H2/b8-5+. The summed E-state index contributed by atoms with van der Waals surface area (Å²) in [6, 6.07) is 18.7. The first-order valence-electron chi connectivity index (χ1n) is 9.26. The van der Waals surface area contributed by atoms with Gasteiger partial charge in [-0.05, 0) is 29.8 Å². The fraction of sp³-hybridized carbons (Fsp3) is 0.130. The molecule has 4 rings (SSSR count). The second-order valence-electron chi connectivity index (χ2n) is 6.40. The topological polar surface area (TPSA) is 51.7 Å². The van der Waals surface area contributed by atoms with Gasteiger partial charge in [0.25, 0.3) is 5.91 Å². The molecule has 1 amide bonds. The maximum atomic E-state index is 13.3. The number of rotatable bonds is 5. The van der Waals surface area contributed by atoms with Crippen molar-refractivity contribution in [3.8, 4) is 11.5 Å². The van der Waals surface area contributed by atoms with Crippen LogP contribution in [0.1, 0.15) is 15.9 Å². The maximum Gasteiger partial charge on any atom is 0.261 e. The highest BCUT2D eigenvalue weighted by molar-refractivity contribution is 6.33. The summed E-state index contributed by atoms with van der Waals surface area (Å²) in [6.07, 6.45) is 5.47. The van der Waals surface area contributed by atoms with Crippen LogP contribution in [0.4, 0.5) is 5.69 Å². The normalized spacial score (nSPS) is 12.7. The lowest BCUT2D eigenvalue weighted by Crippen LogP contribution is -2.31. The van der Waals surface area contributed by atoms with Crippen molar-refractivity contribution in [1.29, 1.82) is 0 Å². The Morgan fingerprint density at radius 3 is 2.62 bits per heavy atom. The molecule has 0 saturated carbocycles. The number of amides is 1. The lowest BCUT2D eigenvalue weighted by molar-refractivity contribution is 0.0989. The molecule has 5 nitrogen and oxygen atoms in total. The van der Waals surface area contributed by atoms with Gasteiger partial charge in [0, 0.05) is 24.5 Å². The van der Waals surface area contributed by atoms with Crippen LogP contribution in [0.2, 0.25) is 5.15 Å². The number of pyridine rings is 1. The Hall–Kier alpha value is -3.31. The van der Waals surface area contributed by atoms with Gasteiger partial charge in [-0.2, -0.15) is 0 Å². The molecule has 2 heterocycles. The van der Waals surface area contributed by atoms with E-state index in [1.54, 1.807) is 23.2 Å². The number of hydrogen-bond donors (Lipinski definition) is 0. The van der Waals surface area contributed by atoms with Crippen molar-refractivity contribution in [2.75, 3.05) is 24.7 Å². The predicted octanol–water partition coefficient (Wildman–Crippen LogP) is 4.87. The van der Waals surface area contributed by atoms with Gasteiger partial charge in [0.2, 0.25) is 0 Å². The molecule has 29 heavy (non-hydrogen) atoms. The minimum absolute atomic E-state index is 0.173. The molecule has 146 valence electrons. The predicted molar refractivity (Wildman–Crippen MR) is 114 cm³/mol. The van der Waals surface area contributed by atoms with E-state index in [0.29, 0.717) is 42.5 Å². The number of carbonyl (C=O) groups is 1. The van der Waals surface area contributed by atoms with Crippen molar-refractivity contribution in [3.05, 3.63) is 89.2 Å². The van der Waals surface area contributed by atoms with Crippen LogP contribution in [-0.4, -0.2) is 30.6 Å². The third kappa shape index (κ3) is 4.41. The highest BCUT2D eigenvalue weighted by Gasteiger charge is 2.22. The average Bonchev–Trinajstić information content (AvgIpc) is 2.77. The Morgan fingerprint density at radius 2 is 1.83 bits per heavy atom. The molecule has 0 fully saturated rings. The van der Waals surface area contributed by atoms with E-state index < -0.39 is 0 Å². The number of nitrogens with zero attached hydrogens (tertiary/aromatic N) is 2. The fourth-order valence-electron chi connectivity index (χ4n) is 3.05. The first-order valence-corrected chi connectivity index (χ1v) is 9.64. The molecule has 1 aliphatic rings. The molecule has 0 radical (unpaired) electrons. The second-order valence-corrected chi connectivity index (χ2v) is 6.76. The molecule has 0 N–H and O–H groups in total. The van der Waals surface area contributed by atoms with Crippen molar-refractivity contribution in [2.45, 2.75) is 0 Å². The Kier molecular flexibility index (Phi) is 5.77. The molecular weight excluding hydrogens is 388 g/mol. The number of ether oxygens (including phenoxy) is 2. The molecular formula is C23H19ClN2O3. The van der Waals surface area contributed by atoms with Crippen LogP contribution in [0, 0.1) is 0 Å². The van der Waals surface area contributed by atoms with Crippen molar-refractivity contribution in [2.24, 2.45) is 0 Å². The monoisotopic (exact) mass is 406 g/mol. The molecule has 0 spiro atoms. The number of fused-ring (bicyclic) bond motifs is 1.